The van der Waals surface area contributed by atoms with Gasteiger partial charge in [0.1, 0.15) is 0 Å². The normalized spacial score (nSPS) is 12.5. The zero-order chi connectivity index (χ0) is 14.0. The summed E-state index contributed by atoms with van der Waals surface area (Å²) in [7, 11) is 0. The molecule has 2 aromatic heterocycles. The van der Waals surface area contributed by atoms with Gasteiger partial charge in [0.25, 0.3) is 0 Å². The third kappa shape index (κ3) is 2.55. The van der Waals surface area contributed by atoms with E-state index in [0.29, 0.717) is 0 Å². The smallest absolute Gasteiger partial charge is 0.194 e. The molecule has 19 heavy (non-hydrogen) atoms. The highest BCUT2D eigenvalue weighted by Gasteiger charge is 2.25. The molecule has 0 aromatic carbocycles. The number of nitrogens with zero attached hydrogens (tertiary/aromatic N) is 2. The van der Waals surface area contributed by atoms with Crippen LogP contribution in [0.15, 0.2) is 5.38 Å². The molecule has 0 saturated heterocycles. The van der Waals surface area contributed by atoms with Crippen LogP contribution in [-0.4, -0.2) is 26.6 Å². The van der Waals surface area contributed by atoms with Crippen LogP contribution in [0, 0.1) is 13.8 Å². The van der Waals surface area contributed by atoms with Crippen LogP contribution in [0.2, 0.25) is 0 Å². The predicted octanol–water partition coefficient (Wildman–Crippen LogP) is 2.65. The van der Waals surface area contributed by atoms with Crippen molar-refractivity contribution in [2.75, 3.05) is 6.61 Å². The Labute approximate surface area is 118 Å². The third-order valence-electron chi connectivity index (χ3n) is 4.12. The van der Waals surface area contributed by atoms with E-state index < -0.39 is 0 Å². The highest BCUT2D eigenvalue weighted by atomic mass is 32.1. The second-order valence-corrected chi connectivity index (χ2v) is 5.97. The van der Waals surface area contributed by atoms with Crippen LogP contribution in [0.1, 0.15) is 43.8 Å². The summed E-state index contributed by atoms with van der Waals surface area (Å²) in [4.78, 5) is 5.64. The van der Waals surface area contributed by atoms with Crippen molar-refractivity contribution in [3.63, 3.8) is 0 Å². The van der Waals surface area contributed by atoms with Crippen molar-refractivity contribution in [2.45, 2.75) is 52.6 Å². The van der Waals surface area contributed by atoms with Gasteiger partial charge in [-0.25, -0.2) is 4.98 Å². The Morgan fingerprint density at radius 2 is 2.05 bits per heavy atom. The Hall–Kier alpha value is -0.910. The molecule has 0 saturated carbocycles. The molecule has 4 nitrogen and oxygen atoms in total. The minimum atomic E-state index is -0.180. The van der Waals surface area contributed by atoms with Gasteiger partial charge in [-0.1, -0.05) is 13.8 Å². The Kier molecular flexibility index (Phi) is 4.28. The number of hydrogen-bond donors (Lipinski definition) is 2. The first-order valence-corrected chi connectivity index (χ1v) is 7.72. The summed E-state index contributed by atoms with van der Waals surface area (Å²) in [5.41, 5.74) is 3.32. The van der Waals surface area contributed by atoms with Crippen molar-refractivity contribution in [1.29, 1.82) is 0 Å². The number of aliphatic hydroxyl groups is 1. The lowest BCUT2D eigenvalue weighted by atomic mass is 9.94. The minimum Gasteiger partial charge on any atom is -0.394 e. The summed E-state index contributed by atoms with van der Waals surface area (Å²) < 4.78 is 2.21. The van der Waals surface area contributed by atoms with Gasteiger partial charge in [-0.15, -0.1) is 11.3 Å². The second-order valence-electron chi connectivity index (χ2n) is 5.14. The van der Waals surface area contributed by atoms with E-state index >= 15 is 0 Å². The molecule has 0 bridgehead atoms. The number of nitrogens with one attached hydrogen (secondary N) is 1. The summed E-state index contributed by atoms with van der Waals surface area (Å²) >= 11 is 1.67. The van der Waals surface area contributed by atoms with E-state index in [1.54, 1.807) is 11.3 Å². The molecule has 2 heterocycles. The number of aromatic nitrogens is 2. The lowest BCUT2D eigenvalue weighted by molar-refractivity contribution is 0.149. The van der Waals surface area contributed by atoms with E-state index in [2.05, 4.69) is 47.8 Å². The maximum atomic E-state index is 9.62. The van der Waals surface area contributed by atoms with Gasteiger partial charge in [-0.05, 0) is 26.7 Å². The molecule has 0 aliphatic rings. The number of rotatable bonds is 6. The molecule has 5 heteroatoms. The first kappa shape index (κ1) is 14.5. The van der Waals surface area contributed by atoms with Crippen molar-refractivity contribution in [2.24, 2.45) is 0 Å². The summed E-state index contributed by atoms with van der Waals surface area (Å²) in [6.07, 6.45) is 1.84. The molecule has 0 atom stereocenters. The second kappa shape index (κ2) is 5.61. The van der Waals surface area contributed by atoms with Crippen molar-refractivity contribution >= 4 is 16.3 Å². The average Bonchev–Trinajstić information content (AvgIpc) is 2.92. The molecule has 0 aliphatic carbocycles. The molecular formula is C14H23N3OS. The van der Waals surface area contributed by atoms with Gasteiger partial charge in [-0.2, -0.15) is 0 Å². The minimum absolute atomic E-state index is 0.170. The quantitative estimate of drug-likeness (QED) is 0.856. The van der Waals surface area contributed by atoms with Crippen LogP contribution in [0.25, 0.3) is 4.96 Å². The van der Waals surface area contributed by atoms with Crippen molar-refractivity contribution in [1.82, 2.24) is 14.7 Å². The number of aliphatic hydroxyl groups excluding tert-OH is 1. The van der Waals surface area contributed by atoms with E-state index in [4.69, 9.17) is 0 Å². The number of fused-ring (bicyclic) bond motifs is 1. The van der Waals surface area contributed by atoms with E-state index in [1.165, 1.54) is 11.4 Å². The zero-order valence-corrected chi connectivity index (χ0v) is 13.0. The average molecular weight is 281 g/mol. The highest BCUT2D eigenvalue weighted by molar-refractivity contribution is 7.15. The molecule has 0 radical (unpaired) electrons. The molecule has 0 fully saturated rings. The van der Waals surface area contributed by atoms with Crippen LogP contribution in [0.3, 0.4) is 0 Å². The first-order valence-electron chi connectivity index (χ1n) is 6.84. The molecule has 0 aliphatic heterocycles. The molecule has 0 amide bonds. The number of hydrogen-bond acceptors (Lipinski definition) is 4. The van der Waals surface area contributed by atoms with Crippen molar-refractivity contribution in [3.8, 4) is 0 Å². The summed E-state index contributed by atoms with van der Waals surface area (Å²) in [6, 6.07) is 0. The van der Waals surface area contributed by atoms with E-state index in [9.17, 15) is 5.11 Å². The summed E-state index contributed by atoms with van der Waals surface area (Å²) in [5.74, 6) is 0. The standard InChI is InChI=1S/C14H23N3OS/c1-5-14(6-2,9-18)15-7-12-11(4)16-13-17(12)10(3)8-19-13/h8,15,18H,5-7,9H2,1-4H3. The fourth-order valence-corrected chi connectivity index (χ4v) is 3.36. The van der Waals surface area contributed by atoms with Gasteiger partial charge in [0.2, 0.25) is 0 Å². The molecular weight excluding hydrogens is 258 g/mol. The van der Waals surface area contributed by atoms with Crippen LogP contribution in [0.5, 0.6) is 0 Å². The molecule has 2 rings (SSSR count). The topological polar surface area (TPSA) is 49.6 Å². The third-order valence-corrected chi connectivity index (χ3v) is 5.06. The van der Waals surface area contributed by atoms with E-state index in [-0.39, 0.29) is 12.1 Å². The van der Waals surface area contributed by atoms with Crippen LogP contribution < -0.4 is 5.32 Å². The summed E-state index contributed by atoms with van der Waals surface area (Å²) in [5, 5.41) is 15.3. The molecule has 0 spiro atoms. The van der Waals surface area contributed by atoms with Crippen LogP contribution >= 0.6 is 11.3 Å². The maximum absolute atomic E-state index is 9.62. The Balaban J connectivity index is 2.26. The SMILES string of the molecule is CCC(CC)(CO)NCc1c(C)nc2scc(C)n12. The van der Waals surface area contributed by atoms with Gasteiger partial charge < -0.3 is 10.4 Å². The van der Waals surface area contributed by atoms with E-state index in [0.717, 1.165) is 30.0 Å². The number of imidazole rings is 1. The van der Waals surface area contributed by atoms with Gasteiger partial charge in [0, 0.05) is 23.2 Å². The van der Waals surface area contributed by atoms with Gasteiger partial charge in [0.05, 0.1) is 18.0 Å². The number of aryl methyl sites for hydroxylation is 2. The fourth-order valence-electron chi connectivity index (χ4n) is 2.43. The van der Waals surface area contributed by atoms with Crippen molar-refractivity contribution < 1.29 is 5.11 Å². The van der Waals surface area contributed by atoms with Crippen LogP contribution in [-0.2, 0) is 6.54 Å². The number of thiazole rings is 1. The Bertz CT molecular complexity index is 546. The van der Waals surface area contributed by atoms with Gasteiger partial charge in [-0.3, -0.25) is 4.40 Å². The molecule has 106 valence electrons. The van der Waals surface area contributed by atoms with E-state index in [1.807, 2.05) is 0 Å². The Morgan fingerprint density at radius 1 is 1.37 bits per heavy atom. The van der Waals surface area contributed by atoms with Crippen LogP contribution in [0.4, 0.5) is 0 Å². The maximum Gasteiger partial charge on any atom is 0.194 e. The monoisotopic (exact) mass is 281 g/mol. The van der Waals surface area contributed by atoms with Gasteiger partial charge in [0.15, 0.2) is 4.96 Å². The summed E-state index contributed by atoms with van der Waals surface area (Å²) in [6.45, 7) is 9.29. The van der Waals surface area contributed by atoms with Crippen molar-refractivity contribution in [3.05, 3.63) is 22.5 Å². The Morgan fingerprint density at radius 3 is 2.63 bits per heavy atom. The lowest BCUT2D eigenvalue weighted by Crippen LogP contribution is -2.47. The highest BCUT2D eigenvalue weighted by Crippen LogP contribution is 2.22. The fraction of sp³-hybridized carbons (Fsp3) is 0.643. The molecule has 2 N–H and O–H groups in total. The van der Waals surface area contributed by atoms with Gasteiger partial charge >= 0.3 is 0 Å². The molecule has 0 unspecified atom stereocenters. The zero-order valence-electron chi connectivity index (χ0n) is 12.2. The largest absolute Gasteiger partial charge is 0.394 e. The first-order chi connectivity index (χ1) is 9.06. The lowest BCUT2D eigenvalue weighted by Gasteiger charge is -2.31. The predicted molar refractivity (Wildman–Crippen MR) is 79.8 cm³/mol. The molecule has 2 aromatic rings.